The summed E-state index contributed by atoms with van der Waals surface area (Å²) in [7, 11) is 0. The van der Waals surface area contributed by atoms with Gasteiger partial charge in [-0.3, -0.25) is 5.32 Å². The lowest BCUT2D eigenvalue weighted by molar-refractivity contribution is 0.208. The second-order valence-corrected chi connectivity index (χ2v) is 7.49. The maximum atomic E-state index is 12.4. The predicted molar refractivity (Wildman–Crippen MR) is 99.2 cm³/mol. The number of nitrogens with zero attached hydrogens (tertiary/aromatic N) is 3. The van der Waals surface area contributed by atoms with Crippen LogP contribution in [0.5, 0.6) is 0 Å². The third kappa shape index (κ3) is 3.95. The Morgan fingerprint density at radius 1 is 1.16 bits per heavy atom. The van der Waals surface area contributed by atoms with Crippen LogP contribution in [0.2, 0.25) is 0 Å². The molecule has 0 saturated carbocycles. The molecule has 2 aromatic rings. The molecule has 1 aliphatic heterocycles. The highest BCUT2D eigenvalue weighted by Crippen LogP contribution is 2.32. The molecule has 1 aromatic heterocycles. The number of aryl methyl sites for hydroxylation is 1. The molecule has 1 saturated heterocycles. The number of urea groups is 1. The van der Waals surface area contributed by atoms with Gasteiger partial charge < -0.3 is 14.3 Å². The van der Waals surface area contributed by atoms with Crippen molar-refractivity contribution in [3.63, 3.8) is 0 Å². The molecular weight excluding hydrogens is 316 g/mol. The average molecular weight is 342 g/mol. The van der Waals surface area contributed by atoms with Crippen molar-refractivity contribution in [1.29, 1.82) is 0 Å². The van der Waals surface area contributed by atoms with Crippen molar-refractivity contribution in [1.82, 2.24) is 10.1 Å². The molecule has 6 heteroatoms. The number of carbonyl (C=O) groups is 1. The van der Waals surface area contributed by atoms with E-state index < -0.39 is 0 Å². The minimum atomic E-state index is -0.128. The fourth-order valence-electron chi connectivity index (χ4n) is 3.15. The van der Waals surface area contributed by atoms with Crippen LogP contribution in [0, 0.1) is 6.92 Å². The second-order valence-electron chi connectivity index (χ2n) is 7.49. The number of hydrogen-bond acceptors (Lipinski definition) is 4. The number of piperazine rings is 1. The summed E-state index contributed by atoms with van der Waals surface area (Å²) in [5.74, 6) is 1.14. The standard InChI is InChI=1S/C19H26N4O2/c1-14-13-17(21-25-14)20-18(24)23-11-9-22(10-12-23)16-8-6-5-7-15(16)19(2,3)4/h5-8,13H,9-12H2,1-4H3,(H,20,21,24). The number of amides is 2. The summed E-state index contributed by atoms with van der Waals surface area (Å²) in [4.78, 5) is 16.5. The van der Waals surface area contributed by atoms with Crippen LogP contribution in [0.3, 0.4) is 0 Å². The molecule has 0 unspecified atom stereocenters. The van der Waals surface area contributed by atoms with Crippen molar-refractivity contribution in [2.45, 2.75) is 33.1 Å². The Morgan fingerprint density at radius 2 is 1.84 bits per heavy atom. The van der Waals surface area contributed by atoms with Gasteiger partial charge in [0.1, 0.15) is 5.76 Å². The van der Waals surface area contributed by atoms with E-state index in [4.69, 9.17) is 4.52 Å². The van der Waals surface area contributed by atoms with Crippen molar-refractivity contribution >= 4 is 17.5 Å². The van der Waals surface area contributed by atoms with Crippen LogP contribution >= 0.6 is 0 Å². The molecule has 6 nitrogen and oxygen atoms in total. The van der Waals surface area contributed by atoms with Crippen molar-refractivity contribution in [2.75, 3.05) is 36.4 Å². The normalized spacial score (nSPS) is 15.4. The molecule has 1 aliphatic rings. The smallest absolute Gasteiger partial charge is 0.323 e. The number of benzene rings is 1. The molecule has 0 radical (unpaired) electrons. The monoisotopic (exact) mass is 342 g/mol. The van der Waals surface area contributed by atoms with E-state index in [0.717, 1.165) is 13.1 Å². The van der Waals surface area contributed by atoms with E-state index in [-0.39, 0.29) is 11.4 Å². The molecule has 2 amide bonds. The molecule has 0 spiro atoms. The summed E-state index contributed by atoms with van der Waals surface area (Å²) in [6, 6.07) is 10.1. The van der Waals surface area contributed by atoms with Gasteiger partial charge in [0.15, 0.2) is 5.82 Å². The average Bonchev–Trinajstić information content (AvgIpc) is 2.99. The van der Waals surface area contributed by atoms with E-state index in [9.17, 15) is 4.79 Å². The van der Waals surface area contributed by atoms with Crippen LogP contribution in [0.1, 0.15) is 32.1 Å². The molecule has 1 aromatic carbocycles. The third-order valence-corrected chi connectivity index (χ3v) is 4.48. The first-order valence-electron chi connectivity index (χ1n) is 8.68. The van der Waals surface area contributed by atoms with Gasteiger partial charge in [0.2, 0.25) is 0 Å². The number of nitrogens with one attached hydrogen (secondary N) is 1. The first kappa shape index (κ1) is 17.3. The van der Waals surface area contributed by atoms with Gasteiger partial charge in [0.05, 0.1) is 0 Å². The minimum Gasteiger partial charge on any atom is -0.368 e. The highest BCUT2D eigenvalue weighted by atomic mass is 16.5. The van der Waals surface area contributed by atoms with E-state index in [0.29, 0.717) is 24.7 Å². The van der Waals surface area contributed by atoms with E-state index in [1.807, 2.05) is 4.90 Å². The van der Waals surface area contributed by atoms with Crippen LogP contribution in [0.15, 0.2) is 34.9 Å². The summed E-state index contributed by atoms with van der Waals surface area (Å²) >= 11 is 0. The summed E-state index contributed by atoms with van der Waals surface area (Å²) in [5.41, 5.74) is 2.70. The Labute approximate surface area is 148 Å². The second kappa shape index (κ2) is 6.78. The number of aromatic nitrogens is 1. The summed E-state index contributed by atoms with van der Waals surface area (Å²) in [5, 5.41) is 6.59. The topological polar surface area (TPSA) is 61.6 Å². The molecule has 2 heterocycles. The third-order valence-electron chi connectivity index (χ3n) is 4.48. The molecule has 134 valence electrons. The van der Waals surface area contributed by atoms with E-state index >= 15 is 0 Å². The van der Waals surface area contributed by atoms with Crippen molar-refractivity contribution in [3.8, 4) is 0 Å². The molecule has 0 bridgehead atoms. The Kier molecular flexibility index (Phi) is 4.70. The largest absolute Gasteiger partial charge is 0.368 e. The molecule has 25 heavy (non-hydrogen) atoms. The highest BCUT2D eigenvalue weighted by molar-refractivity contribution is 5.88. The van der Waals surface area contributed by atoms with Gasteiger partial charge in [-0.1, -0.05) is 44.1 Å². The van der Waals surface area contributed by atoms with E-state index in [2.05, 4.69) is 60.4 Å². The maximum absolute atomic E-state index is 12.4. The van der Waals surface area contributed by atoms with Gasteiger partial charge in [-0.2, -0.15) is 0 Å². The predicted octanol–water partition coefficient (Wildman–Crippen LogP) is 3.63. The van der Waals surface area contributed by atoms with Gasteiger partial charge in [0.25, 0.3) is 0 Å². The van der Waals surface area contributed by atoms with Gasteiger partial charge in [-0.15, -0.1) is 0 Å². The highest BCUT2D eigenvalue weighted by Gasteiger charge is 2.25. The number of rotatable bonds is 2. The summed E-state index contributed by atoms with van der Waals surface area (Å²) in [6.07, 6.45) is 0. The SMILES string of the molecule is Cc1cc(NC(=O)N2CCN(c3ccccc3C(C)(C)C)CC2)no1. The molecular formula is C19H26N4O2. The van der Waals surface area contributed by atoms with Crippen LogP contribution in [-0.4, -0.2) is 42.3 Å². The fourth-order valence-corrected chi connectivity index (χ4v) is 3.15. The maximum Gasteiger partial charge on any atom is 0.323 e. The minimum absolute atomic E-state index is 0.0932. The van der Waals surface area contributed by atoms with Gasteiger partial charge >= 0.3 is 6.03 Å². The van der Waals surface area contributed by atoms with Crippen LogP contribution < -0.4 is 10.2 Å². The van der Waals surface area contributed by atoms with Crippen LogP contribution in [0.4, 0.5) is 16.3 Å². The molecule has 1 fully saturated rings. The Balaban J connectivity index is 1.63. The zero-order valence-corrected chi connectivity index (χ0v) is 15.4. The number of carbonyl (C=O) groups excluding carboxylic acids is 1. The Bertz CT molecular complexity index is 740. The summed E-state index contributed by atoms with van der Waals surface area (Å²) in [6.45, 7) is 11.5. The lowest BCUT2D eigenvalue weighted by atomic mass is 9.85. The number of hydrogen-bond donors (Lipinski definition) is 1. The first-order valence-corrected chi connectivity index (χ1v) is 8.68. The Morgan fingerprint density at radius 3 is 2.44 bits per heavy atom. The van der Waals surface area contributed by atoms with Crippen molar-refractivity contribution in [3.05, 3.63) is 41.7 Å². The number of anilines is 2. The first-order chi connectivity index (χ1) is 11.8. The lowest BCUT2D eigenvalue weighted by Crippen LogP contribution is -2.50. The number of para-hydroxylation sites is 1. The van der Waals surface area contributed by atoms with Crippen LogP contribution in [0.25, 0.3) is 0 Å². The molecule has 1 N–H and O–H groups in total. The zero-order valence-electron chi connectivity index (χ0n) is 15.4. The Hall–Kier alpha value is -2.50. The van der Waals surface area contributed by atoms with Gasteiger partial charge in [-0.05, 0) is 24.0 Å². The fraction of sp³-hybridized carbons (Fsp3) is 0.474. The van der Waals surface area contributed by atoms with Crippen LogP contribution in [-0.2, 0) is 5.41 Å². The summed E-state index contributed by atoms with van der Waals surface area (Å²) < 4.78 is 4.98. The van der Waals surface area contributed by atoms with Gasteiger partial charge in [0, 0.05) is 37.9 Å². The molecule has 3 rings (SSSR count). The van der Waals surface area contributed by atoms with E-state index in [1.165, 1.54) is 11.3 Å². The van der Waals surface area contributed by atoms with Crippen molar-refractivity contribution < 1.29 is 9.32 Å². The zero-order chi connectivity index (χ0) is 18.0. The quantitative estimate of drug-likeness (QED) is 0.905. The lowest BCUT2D eigenvalue weighted by Gasteiger charge is -2.38. The van der Waals surface area contributed by atoms with Crippen molar-refractivity contribution in [2.24, 2.45) is 0 Å². The van der Waals surface area contributed by atoms with Gasteiger partial charge in [-0.25, -0.2) is 4.79 Å². The molecule has 0 aliphatic carbocycles. The van der Waals surface area contributed by atoms with E-state index in [1.54, 1.807) is 13.0 Å². The molecule has 0 atom stereocenters.